The summed E-state index contributed by atoms with van der Waals surface area (Å²) in [5.41, 5.74) is 2.55. The summed E-state index contributed by atoms with van der Waals surface area (Å²) >= 11 is 0. The van der Waals surface area contributed by atoms with Gasteiger partial charge in [0, 0.05) is 31.4 Å². The zero-order chi connectivity index (χ0) is 11.8. The zero-order valence-electron chi connectivity index (χ0n) is 10.7. The van der Waals surface area contributed by atoms with E-state index in [1.165, 1.54) is 36.6 Å². The molecule has 0 unspecified atom stereocenters. The van der Waals surface area contributed by atoms with Crippen molar-refractivity contribution in [2.24, 2.45) is 5.92 Å². The fourth-order valence-electron chi connectivity index (χ4n) is 3.18. The number of pyridine rings is 1. The Bertz CT molecular complexity index is 416. The summed E-state index contributed by atoms with van der Waals surface area (Å²) in [6.45, 7) is 7.84. The van der Waals surface area contributed by atoms with Crippen molar-refractivity contribution in [1.82, 2.24) is 10.3 Å². The standard InChI is InChI=1S/C14H21N3/c1-3-12-6-10(2)7-14(16-12)17-5-4-11-8-15-9-13(11)17/h6-7,11,13,15H,3-5,8-9H2,1-2H3/t11-,13-/m1/s1. The number of anilines is 1. The summed E-state index contributed by atoms with van der Waals surface area (Å²) in [7, 11) is 0. The van der Waals surface area contributed by atoms with E-state index in [2.05, 4.69) is 36.2 Å². The second kappa shape index (κ2) is 4.30. The molecule has 2 atom stereocenters. The molecule has 2 aliphatic rings. The van der Waals surface area contributed by atoms with E-state index in [0.717, 1.165) is 18.9 Å². The van der Waals surface area contributed by atoms with Gasteiger partial charge in [-0.15, -0.1) is 0 Å². The Hall–Kier alpha value is -1.09. The van der Waals surface area contributed by atoms with Crippen molar-refractivity contribution in [3.05, 3.63) is 23.4 Å². The molecule has 1 aromatic rings. The second-order valence-electron chi connectivity index (χ2n) is 5.32. The van der Waals surface area contributed by atoms with Gasteiger partial charge in [-0.1, -0.05) is 6.92 Å². The molecule has 3 heterocycles. The van der Waals surface area contributed by atoms with E-state index in [0.29, 0.717) is 6.04 Å². The Balaban J connectivity index is 1.90. The highest BCUT2D eigenvalue weighted by Gasteiger charge is 2.38. The molecule has 2 aliphatic heterocycles. The molecule has 0 amide bonds. The van der Waals surface area contributed by atoms with Crippen molar-refractivity contribution >= 4 is 5.82 Å². The van der Waals surface area contributed by atoms with Crippen molar-refractivity contribution in [2.45, 2.75) is 32.7 Å². The fraction of sp³-hybridized carbons (Fsp3) is 0.643. The van der Waals surface area contributed by atoms with E-state index in [1.54, 1.807) is 0 Å². The quantitative estimate of drug-likeness (QED) is 0.840. The molecular formula is C14H21N3. The van der Waals surface area contributed by atoms with Crippen LogP contribution in [0.4, 0.5) is 5.82 Å². The lowest BCUT2D eigenvalue weighted by atomic mass is 10.1. The molecule has 0 aliphatic carbocycles. The van der Waals surface area contributed by atoms with Gasteiger partial charge in [-0.2, -0.15) is 0 Å². The third kappa shape index (κ3) is 1.93. The molecule has 3 heteroatoms. The SMILES string of the molecule is CCc1cc(C)cc(N2CC[C@@H]3CNC[C@H]32)n1. The number of hydrogen-bond acceptors (Lipinski definition) is 3. The number of rotatable bonds is 2. The summed E-state index contributed by atoms with van der Waals surface area (Å²) in [6.07, 6.45) is 2.34. The van der Waals surface area contributed by atoms with Gasteiger partial charge in [0.25, 0.3) is 0 Å². The largest absolute Gasteiger partial charge is 0.352 e. The number of hydrogen-bond donors (Lipinski definition) is 1. The normalized spacial score (nSPS) is 27.5. The minimum absolute atomic E-state index is 0.675. The van der Waals surface area contributed by atoms with E-state index in [-0.39, 0.29) is 0 Å². The van der Waals surface area contributed by atoms with Crippen LogP contribution in [0.1, 0.15) is 24.6 Å². The molecule has 0 radical (unpaired) electrons. The molecule has 0 spiro atoms. The zero-order valence-corrected chi connectivity index (χ0v) is 10.7. The van der Waals surface area contributed by atoms with Crippen LogP contribution in [0.3, 0.4) is 0 Å². The van der Waals surface area contributed by atoms with E-state index in [4.69, 9.17) is 4.98 Å². The van der Waals surface area contributed by atoms with Crippen LogP contribution in [0.5, 0.6) is 0 Å². The monoisotopic (exact) mass is 231 g/mol. The maximum atomic E-state index is 4.79. The van der Waals surface area contributed by atoms with Crippen LogP contribution in [0.25, 0.3) is 0 Å². The van der Waals surface area contributed by atoms with E-state index >= 15 is 0 Å². The first-order valence-corrected chi connectivity index (χ1v) is 6.73. The van der Waals surface area contributed by atoms with Gasteiger partial charge in [-0.25, -0.2) is 4.98 Å². The Morgan fingerprint density at radius 2 is 2.29 bits per heavy atom. The summed E-state index contributed by atoms with van der Waals surface area (Å²) in [4.78, 5) is 7.30. The topological polar surface area (TPSA) is 28.2 Å². The average Bonchev–Trinajstić information content (AvgIpc) is 2.89. The first kappa shape index (κ1) is 11.0. The maximum Gasteiger partial charge on any atom is 0.129 e. The minimum Gasteiger partial charge on any atom is -0.352 e. The van der Waals surface area contributed by atoms with Crippen molar-refractivity contribution in [1.29, 1.82) is 0 Å². The van der Waals surface area contributed by atoms with Crippen molar-refractivity contribution in [3.8, 4) is 0 Å². The van der Waals surface area contributed by atoms with Gasteiger partial charge in [0.2, 0.25) is 0 Å². The Kier molecular flexibility index (Phi) is 2.79. The van der Waals surface area contributed by atoms with Crippen LogP contribution in [0.2, 0.25) is 0 Å². The molecule has 3 nitrogen and oxygen atoms in total. The van der Waals surface area contributed by atoms with Crippen LogP contribution in [0.15, 0.2) is 12.1 Å². The molecule has 2 fully saturated rings. The van der Waals surface area contributed by atoms with Crippen molar-refractivity contribution in [2.75, 3.05) is 24.5 Å². The lowest BCUT2D eigenvalue weighted by Gasteiger charge is -2.25. The van der Waals surface area contributed by atoms with Gasteiger partial charge < -0.3 is 10.2 Å². The third-order valence-electron chi connectivity index (χ3n) is 4.11. The second-order valence-corrected chi connectivity index (χ2v) is 5.32. The summed E-state index contributed by atoms with van der Waals surface area (Å²) in [6, 6.07) is 5.11. The van der Waals surface area contributed by atoms with Gasteiger partial charge in [0.15, 0.2) is 0 Å². The highest BCUT2D eigenvalue weighted by molar-refractivity contribution is 5.45. The Morgan fingerprint density at radius 3 is 3.12 bits per heavy atom. The lowest BCUT2D eigenvalue weighted by Crippen LogP contribution is -2.34. The van der Waals surface area contributed by atoms with Crippen LogP contribution >= 0.6 is 0 Å². The molecule has 0 aromatic carbocycles. The molecule has 0 saturated carbocycles. The van der Waals surface area contributed by atoms with Crippen molar-refractivity contribution in [3.63, 3.8) is 0 Å². The van der Waals surface area contributed by atoms with E-state index in [9.17, 15) is 0 Å². The minimum atomic E-state index is 0.675. The Labute approximate surface area is 103 Å². The lowest BCUT2D eigenvalue weighted by molar-refractivity contribution is 0.577. The van der Waals surface area contributed by atoms with Crippen LogP contribution < -0.4 is 10.2 Å². The number of nitrogens with one attached hydrogen (secondary N) is 1. The first-order chi connectivity index (χ1) is 8.28. The first-order valence-electron chi connectivity index (χ1n) is 6.73. The smallest absolute Gasteiger partial charge is 0.129 e. The maximum absolute atomic E-state index is 4.79. The average molecular weight is 231 g/mol. The van der Waals surface area contributed by atoms with Gasteiger partial charge in [-0.3, -0.25) is 0 Å². The molecule has 0 bridgehead atoms. The van der Waals surface area contributed by atoms with Gasteiger partial charge in [0.1, 0.15) is 5.82 Å². The number of fused-ring (bicyclic) bond motifs is 1. The Morgan fingerprint density at radius 1 is 1.41 bits per heavy atom. The number of aromatic nitrogens is 1. The molecule has 2 saturated heterocycles. The molecule has 92 valence electrons. The molecule has 17 heavy (non-hydrogen) atoms. The van der Waals surface area contributed by atoms with E-state index < -0.39 is 0 Å². The molecule has 1 N–H and O–H groups in total. The van der Waals surface area contributed by atoms with E-state index in [1.807, 2.05) is 0 Å². The summed E-state index contributed by atoms with van der Waals surface area (Å²) in [5, 5.41) is 3.50. The van der Waals surface area contributed by atoms with Gasteiger partial charge in [-0.05, 0) is 43.4 Å². The molecule has 1 aromatic heterocycles. The highest BCUT2D eigenvalue weighted by atomic mass is 15.3. The van der Waals surface area contributed by atoms with Gasteiger partial charge >= 0.3 is 0 Å². The molecular weight excluding hydrogens is 210 g/mol. The highest BCUT2D eigenvalue weighted by Crippen LogP contribution is 2.31. The third-order valence-corrected chi connectivity index (χ3v) is 4.11. The fourth-order valence-corrected chi connectivity index (χ4v) is 3.18. The number of nitrogens with zero attached hydrogens (tertiary/aromatic N) is 2. The molecule has 3 rings (SSSR count). The van der Waals surface area contributed by atoms with Crippen molar-refractivity contribution < 1.29 is 0 Å². The van der Waals surface area contributed by atoms with Crippen LogP contribution in [-0.2, 0) is 6.42 Å². The number of aryl methyl sites for hydroxylation is 2. The summed E-state index contributed by atoms with van der Waals surface area (Å²) < 4.78 is 0. The van der Waals surface area contributed by atoms with Gasteiger partial charge in [0.05, 0.1) is 0 Å². The van der Waals surface area contributed by atoms with Crippen LogP contribution in [0, 0.1) is 12.8 Å². The predicted octanol–water partition coefficient (Wildman–Crippen LogP) is 1.75. The predicted molar refractivity (Wildman–Crippen MR) is 70.5 cm³/mol. The summed E-state index contributed by atoms with van der Waals surface area (Å²) in [5.74, 6) is 2.03. The van der Waals surface area contributed by atoms with Crippen LogP contribution in [-0.4, -0.2) is 30.7 Å².